The van der Waals surface area contributed by atoms with Gasteiger partial charge in [0.15, 0.2) is 23.3 Å². The highest BCUT2D eigenvalue weighted by Gasteiger charge is 2.49. The van der Waals surface area contributed by atoms with Gasteiger partial charge < -0.3 is 0 Å². The van der Waals surface area contributed by atoms with Crippen LogP contribution in [0.1, 0.15) is 11.1 Å². The van der Waals surface area contributed by atoms with Crippen molar-refractivity contribution < 1.29 is 43.9 Å². The van der Waals surface area contributed by atoms with E-state index in [1.807, 2.05) is 0 Å². The smallest absolute Gasteiger partial charge is 0.211 e. The summed E-state index contributed by atoms with van der Waals surface area (Å²) in [6.07, 6.45) is 0. The Morgan fingerprint density at radius 3 is 0.921 bits per heavy atom. The van der Waals surface area contributed by atoms with E-state index in [0.717, 1.165) is 24.3 Å². The molecule has 6 nitrogen and oxygen atoms in total. The van der Waals surface area contributed by atoms with Crippen LogP contribution in [0, 0.1) is 116 Å². The Bertz CT molecular complexity index is 1410. The predicted octanol–water partition coefficient (Wildman–Crippen LogP) is 5.22. The number of nitriles is 4. The van der Waals surface area contributed by atoms with Gasteiger partial charge in [-0.3, -0.25) is 0 Å². The van der Waals surface area contributed by atoms with Crippen molar-refractivity contribution in [3.8, 4) is 24.3 Å². The predicted molar refractivity (Wildman–Crippen MR) is 101 cm³/mol. The lowest BCUT2D eigenvalue weighted by Crippen LogP contribution is -2.30. The van der Waals surface area contributed by atoms with Crippen LogP contribution in [0.4, 0.5) is 43.9 Å². The SMILES string of the molecule is N#CC(C#N)C1C(F)=C(c2c(F)c(F)nc(F)c2F)C(C(C#N)C#N)C(F)=C1c1c(F)c(F)nc(F)c1F. The van der Waals surface area contributed by atoms with Gasteiger partial charge in [-0.05, 0) is 0 Å². The molecule has 0 amide bonds. The van der Waals surface area contributed by atoms with E-state index in [1.165, 1.54) is 0 Å². The Morgan fingerprint density at radius 1 is 0.474 bits per heavy atom. The maximum Gasteiger partial charge on any atom is 0.252 e. The zero-order valence-electron chi connectivity index (χ0n) is 17.8. The lowest BCUT2D eigenvalue weighted by Gasteiger charge is -2.33. The quantitative estimate of drug-likeness (QED) is 0.386. The average molecular weight is 542 g/mol. The summed E-state index contributed by atoms with van der Waals surface area (Å²) in [6.45, 7) is 0. The van der Waals surface area contributed by atoms with Crippen LogP contribution in [0.3, 0.4) is 0 Å². The molecule has 1 aliphatic rings. The molecule has 2 aromatic rings. The van der Waals surface area contributed by atoms with Crippen LogP contribution in [-0.4, -0.2) is 9.97 Å². The third-order valence-electron chi connectivity index (χ3n) is 5.44. The van der Waals surface area contributed by atoms with Crippen molar-refractivity contribution in [3.63, 3.8) is 0 Å². The van der Waals surface area contributed by atoms with Crippen LogP contribution >= 0.6 is 0 Å². The topological polar surface area (TPSA) is 121 Å². The zero-order chi connectivity index (χ0) is 28.6. The minimum atomic E-state index is -2.96. The van der Waals surface area contributed by atoms with E-state index in [2.05, 4.69) is 9.97 Å². The van der Waals surface area contributed by atoms with Crippen molar-refractivity contribution >= 4 is 11.1 Å². The first-order valence-corrected chi connectivity index (χ1v) is 9.65. The molecule has 16 heteroatoms. The highest BCUT2D eigenvalue weighted by molar-refractivity contribution is 5.86. The molecule has 3 rings (SSSR count). The fraction of sp³-hybridized carbons (Fsp3) is 0.182. The van der Waals surface area contributed by atoms with Crippen molar-refractivity contribution in [2.24, 2.45) is 23.7 Å². The average Bonchev–Trinajstić information content (AvgIpc) is 2.88. The van der Waals surface area contributed by atoms with E-state index in [9.17, 15) is 56.2 Å². The molecule has 0 bridgehead atoms. The fourth-order valence-electron chi connectivity index (χ4n) is 3.86. The largest absolute Gasteiger partial charge is 0.252 e. The molecule has 192 valence electrons. The highest BCUT2D eigenvalue weighted by Crippen LogP contribution is 2.54. The Balaban J connectivity index is 2.63. The first-order valence-electron chi connectivity index (χ1n) is 9.65. The Morgan fingerprint density at radius 2 is 0.711 bits per heavy atom. The Labute approximate surface area is 204 Å². The van der Waals surface area contributed by atoms with E-state index >= 15 is 8.78 Å². The first kappa shape index (κ1) is 27.6. The van der Waals surface area contributed by atoms with Crippen LogP contribution < -0.4 is 0 Å². The van der Waals surface area contributed by atoms with Gasteiger partial charge in [-0.25, -0.2) is 26.3 Å². The van der Waals surface area contributed by atoms with Crippen molar-refractivity contribution in [3.05, 3.63) is 69.8 Å². The van der Waals surface area contributed by atoms with Crippen molar-refractivity contribution in [1.29, 1.82) is 21.0 Å². The number of aromatic nitrogens is 2. The summed E-state index contributed by atoms with van der Waals surface area (Å²) < 4.78 is 146. The van der Waals surface area contributed by atoms with Crippen LogP contribution in [-0.2, 0) is 0 Å². The van der Waals surface area contributed by atoms with Crippen LogP contribution in [0.2, 0.25) is 0 Å². The van der Waals surface area contributed by atoms with E-state index < -0.39 is 105 Å². The summed E-state index contributed by atoms with van der Waals surface area (Å²) in [5.74, 6) is -35.2. The molecule has 0 aliphatic heterocycles. The second-order valence-corrected chi connectivity index (χ2v) is 7.34. The summed E-state index contributed by atoms with van der Waals surface area (Å²) in [6, 6.07) is 4.30. The number of pyridine rings is 2. The van der Waals surface area contributed by atoms with E-state index in [4.69, 9.17) is 0 Å². The van der Waals surface area contributed by atoms with Crippen molar-refractivity contribution in [2.75, 3.05) is 0 Å². The standard InChI is InChI=1S/C22H4F10N6/c23-13-7(5(1-33)2-34)9(11-15(25)19(29)37-20(30)16(11)26)14(24)8(6(3-35)4-36)10(13)12-17(27)21(31)38-22(32)18(12)28/h5-8H. The highest BCUT2D eigenvalue weighted by atomic mass is 19.2. The maximum atomic E-state index is 16.0. The molecule has 38 heavy (non-hydrogen) atoms. The van der Waals surface area contributed by atoms with Crippen molar-refractivity contribution in [2.45, 2.75) is 0 Å². The molecule has 0 fully saturated rings. The summed E-state index contributed by atoms with van der Waals surface area (Å²) >= 11 is 0. The second kappa shape index (κ2) is 10.2. The Hall–Kier alpha value is -4.96. The monoisotopic (exact) mass is 542 g/mol. The minimum Gasteiger partial charge on any atom is -0.211 e. The van der Waals surface area contributed by atoms with E-state index in [-0.39, 0.29) is 0 Å². The van der Waals surface area contributed by atoms with E-state index in [1.54, 1.807) is 0 Å². The Kier molecular flexibility index (Phi) is 7.41. The molecule has 0 radical (unpaired) electrons. The van der Waals surface area contributed by atoms with Gasteiger partial charge in [0, 0.05) is 11.1 Å². The maximum absolute atomic E-state index is 16.0. The van der Waals surface area contributed by atoms with Gasteiger partial charge in [0.25, 0.3) is 23.8 Å². The van der Waals surface area contributed by atoms with Gasteiger partial charge in [0.2, 0.25) is 0 Å². The lowest BCUT2D eigenvalue weighted by atomic mass is 9.69. The summed E-state index contributed by atoms with van der Waals surface area (Å²) in [5.41, 5.74) is -7.83. The zero-order valence-corrected chi connectivity index (χ0v) is 17.8. The van der Waals surface area contributed by atoms with Gasteiger partial charge in [-0.1, -0.05) is 0 Å². The number of nitrogens with zero attached hydrogens (tertiary/aromatic N) is 6. The van der Waals surface area contributed by atoms with Crippen molar-refractivity contribution in [1.82, 2.24) is 9.97 Å². The number of hydrogen-bond donors (Lipinski definition) is 0. The molecule has 2 unspecified atom stereocenters. The molecule has 0 spiro atoms. The second-order valence-electron chi connectivity index (χ2n) is 7.34. The van der Waals surface area contributed by atoms with E-state index in [0.29, 0.717) is 0 Å². The first-order chi connectivity index (χ1) is 17.9. The minimum absolute atomic E-state index is 1.07. The summed E-state index contributed by atoms with van der Waals surface area (Å²) in [5, 5.41) is 37.1. The normalized spacial score (nSPS) is 17.4. The third kappa shape index (κ3) is 4.06. The molecule has 0 saturated carbocycles. The molecule has 2 heterocycles. The van der Waals surface area contributed by atoms with Gasteiger partial charge in [-0.2, -0.15) is 48.6 Å². The molecular formula is C22H4F10N6. The van der Waals surface area contributed by atoms with Gasteiger partial charge in [-0.15, -0.1) is 0 Å². The number of halogens is 10. The molecule has 0 N–H and O–H groups in total. The number of allylic oxidation sites excluding steroid dienone is 4. The van der Waals surface area contributed by atoms with Crippen LogP contribution in [0.15, 0.2) is 11.7 Å². The lowest BCUT2D eigenvalue weighted by molar-refractivity contribution is 0.386. The molecular weight excluding hydrogens is 538 g/mol. The van der Waals surface area contributed by atoms with Gasteiger partial charge in [0.05, 0.1) is 47.2 Å². The molecule has 0 aromatic carbocycles. The summed E-state index contributed by atoms with van der Waals surface area (Å²) in [7, 11) is 0. The van der Waals surface area contributed by atoms with Crippen LogP contribution in [0.25, 0.3) is 11.1 Å². The van der Waals surface area contributed by atoms with Gasteiger partial charge >= 0.3 is 0 Å². The fourth-order valence-corrected chi connectivity index (χ4v) is 3.86. The van der Waals surface area contributed by atoms with Crippen LogP contribution in [0.5, 0.6) is 0 Å². The van der Waals surface area contributed by atoms with Gasteiger partial charge in [0.1, 0.15) is 23.5 Å². The molecule has 0 saturated heterocycles. The summed E-state index contributed by atoms with van der Waals surface area (Å²) in [4.78, 5) is 4.43. The number of hydrogen-bond acceptors (Lipinski definition) is 6. The molecule has 2 atom stereocenters. The number of rotatable bonds is 4. The molecule has 1 aliphatic carbocycles. The molecule has 2 aromatic heterocycles. The third-order valence-corrected chi connectivity index (χ3v) is 5.44.